The number of thioether (sulfide) groups is 1. The molecule has 160 valence electrons. The first-order valence-corrected chi connectivity index (χ1v) is 11.5. The van der Waals surface area contributed by atoms with Crippen LogP contribution in [0.3, 0.4) is 0 Å². The van der Waals surface area contributed by atoms with Crippen LogP contribution in [0.25, 0.3) is 10.8 Å². The van der Waals surface area contributed by atoms with Gasteiger partial charge in [0.05, 0.1) is 6.21 Å². The Balaban J connectivity index is 1.20. The van der Waals surface area contributed by atoms with Gasteiger partial charge in [0.1, 0.15) is 12.4 Å². The van der Waals surface area contributed by atoms with Crippen LogP contribution in [-0.4, -0.2) is 17.9 Å². The van der Waals surface area contributed by atoms with Gasteiger partial charge in [-0.25, -0.2) is 5.43 Å². The standard InChI is InChI=1S/C27H24N2O2S/c30-27(16-17-32-26-8-2-1-3-9-26)29-28-19-21-11-14-25(15-12-21)31-20-22-10-13-23-6-4-5-7-24(23)18-22/h1-15,18-19H,16-17,20H2,(H,29,30)/b28-19-. The summed E-state index contributed by atoms with van der Waals surface area (Å²) in [4.78, 5) is 13.1. The summed E-state index contributed by atoms with van der Waals surface area (Å²) in [5.41, 5.74) is 4.60. The smallest absolute Gasteiger partial charge is 0.240 e. The average molecular weight is 441 g/mol. The van der Waals surface area contributed by atoms with Crippen LogP contribution in [0.1, 0.15) is 17.5 Å². The topological polar surface area (TPSA) is 50.7 Å². The maximum Gasteiger partial charge on any atom is 0.240 e. The van der Waals surface area contributed by atoms with E-state index < -0.39 is 0 Å². The van der Waals surface area contributed by atoms with E-state index in [1.807, 2.05) is 66.7 Å². The van der Waals surface area contributed by atoms with E-state index >= 15 is 0 Å². The summed E-state index contributed by atoms with van der Waals surface area (Å²) in [6.07, 6.45) is 2.05. The summed E-state index contributed by atoms with van der Waals surface area (Å²) in [7, 11) is 0. The van der Waals surface area contributed by atoms with Crippen LogP contribution in [0.5, 0.6) is 5.75 Å². The Morgan fingerprint density at radius 3 is 2.44 bits per heavy atom. The molecule has 0 radical (unpaired) electrons. The number of benzene rings is 4. The third kappa shape index (κ3) is 6.46. The Kier molecular flexibility index (Phi) is 7.55. The summed E-state index contributed by atoms with van der Waals surface area (Å²) < 4.78 is 5.90. The maximum atomic E-state index is 11.9. The van der Waals surface area contributed by atoms with Crippen LogP contribution in [-0.2, 0) is 11.4 Å². The van der Waals surface area contributed by atoms with Crippen LogP contribution < -0.4 is 10.2 Å². The van der Waals surface area contributed by atoms with Crippen molar-refractivity contribution in [2.24, 2.45) is 5.10 Å². The molecule has 0 unspecified atom stereocenters. The van der Waals surface area contributed by atoms with Crippen molar-refractivity contribution in [2.45, 2.75) is 17.9 Å². The van der Waals surface area contributed by atoms with Crippen molar-refractivity contribution in [2.75, 3.05) is 5.75 Å². The molecular weight excluding hydrogens is 416 g/mol. The van der Waals surface area contributed by atoms with Crippen LogP contribution in [0.4, 0.5) is 0 Å². The Morgan fingerprint density at radius 1 is 0.875 bits per heavy atom. The van der Waals surface area contributed by atoms with Gasteiger partial charge in [-0.15, -0.1) is 11.8 Å². The maximum absolute atomic E-state index is 11.9. The lowest BCUT2D eigenvalue weighted by molar-refractivity contribution is -0.120. The number of hydrogen-bond acceptors (Lipinski definition) is 4. The van der Waals surface area contributed by atoms with Crippen LogP contribution in [0.2, 0.25) is 0 Å². The molecule has 4 aromatic rings. The molecule has 0 spiro atoms. The van der Waals surface area contributed by atoms with Gasteiger partial charge in [-0.3, -0.25) is 4.79 Å². The minimum Gasteiger partial charge on any atom is -0.489 e. The van der Waals surface area contributed by atoms with Gasteiger partial charge < -0.3 is 4.74 Å². The minimum atomic E-state index is -0.0972. The molecule has 5 heteroatoms. The zero-order valence-corrected chi connectivity index (χ0v) is 18.4. The zero-order valence-electron chi connectivity index (χ0n) is 17.6. The van der Waals surface area contributed by atoms with Gasteiger partial charge in [-0.1, -0.05) is 54.6 Å². The van der Waals surface area contributed by atoms with Gasteiger partial charge in [0.2, 0.25) is 5.91 Å². The molecule has 0 fully saturated rings. The fraction of sp³-hybridized carbons (Fsp3) is 0.111. The van der Waals surface area contributed by atoms with Gasteiger partial charge in [0.15, 0.2) is 0 Å². The molecule has 0 aromatic heterocycles. The molecule has 0 aliphatic carbocycles. The van der Waals surface area contributed by atoms with E-state index in [9.17, 15) is 4.79 Å². The summed E-state index contributed by atoms with van der Waals surface area (Å²) in [6.45, 7) is 0.509. The number of nitrogens with one attached hydrogen (secondary N) is 1. The van der Waals surface area contributed by atoms with Crippen LogP contribution in [0, 0.1) is 0 Å². The van der Waals surface area contributed by atoms with E-state index in [1.54, 1.807) is 18.0 Å². The van der Waals surface area contributed by atoms with Crippen LogP contribution in [0.15, 0.2) is 107 Å². The Bertz CT molecular complexity index is 1190. The molecule has 0 saturated heterocycles. The summed E-state index contributed by atoms with van der Waals surface area (Å²) in [5.74, 6) is 1.41. The van der Waals surface area contributed by atoms with Crippen molar-refractivity contribution in [3.8, 4) is 5.75 Å². The second-order valence-electron chi connectivity index (χ2n) is 7.24. The molecule has 1 N–H and O–H groups in total. The highest BCUT2D eigenvalue weighted by Crippen LogP contribution is 2.19. The van der Waals surface area contributed by atoms with Crippen molar-refractivity contribution < 1.29 is 9.53 Å². The summed E-state index contributed by atoms with van der Waals surface area (Å²) >= 11 is 1.66. The highest BCUT2D eigenvalue weighted by molar-refractivity contribution is 7.99. The van der Waals surface area contributed by atoms with Gasteiger partial charge in [-0.2, -0.15) is 5.10 Å². The first-order chi connectivity index (χ1) is 15.8. The molecule has 4 rings (SSSR count). The third-order valence-electron chi connectivity index (χ3n) is 4.84. The predicted molar refractivity (Wildman–Crippen MR) is 132 cm³/mol. The lowest BCUT2D eigenvalue weighted by Crippen LogP contribution is -2.17. The zero-order chi connectivity index (χ0) is 22.0. The lowest BCUT2D eigenvalue weighted by Gasteiger charge is -2.07. The number of amides is 1. The van der Waals surface area contributed by atoms with Gasteiger partial charge in [-0.05, 0) is 64.4 Å². The first kappa shape index (κ1) is 21.7. The molecule has 0 bridgehead atoms. The third-order valence-corrected chi connectivity index (χ3v) is 5.86. The van der Waals surface area contributed by atoms with Crippen molar-refractivity contribution in [3.05, 3.63) is 108 Å². The number of nitrogens with zero attached hydrogens (tertiary/aromatic N) is 1. The summed E-state index contributed by atoms with van der Waals surface area (Å²) in [6, 6.07) is 32.3. The second-order valence-corrected chi connectivity index (χ2v) is 8.41. The van der Waals surface area contributed by atoms with E-state index in [1.165, 1.54) is 10.8 Å². The van der Waals surface area contributed by atoms with E-state index in [0.29, 0.717) is 18.8 Å². The minimum absolute atomic E-state index is 0.0972. The number of hydrogen-bond donors (Lipinski definition) is 1. The molecule has 4 nitrogen and oxygen atoms in total. The molecule has 0 atom stereocenters. The first-order valence-electron chi connectivity index (χ1n) is 10.5. The average Bonchev–Trinajstić information content (AvgIpc) is 2.84. The van der Waals surface area contributed by atoms with E-state index in [-0.39, 0.29) is 5.91 Å². The van der Waals surface area contributed by atoms with Crippen molar-refractivity contribution in [3.63, 3.8) is 0 Å². The van der Waals surface area contributed by atoms with E-state index in [0.717, 1.165) is 21.8 Å². The second kappa shape index (κ2) is 11.2. The molecule has 32 heavy (non-hydrogen) atoms. The highest BCUT2D eigenvalue weighted by atomic mass is 32.2. The number of carbonyl (C=O) groups excluding carboxylic acids is 1. The lowest BCUT2D eigenvalue weighted by atomic mass is 10.1. The predicted octanol–water partition coefficient (Wildman–Crippen LogP) is 6.05. The normalized spacial score (nSPS) is 11.0. The Morgan fingerprint density at radius 2 is 1.62 bits per heavy atom. The SMILES string of the molecule is O=C(CCSc1ccccc1)N/N=C\c1ccc(OCc2ccc3ccccc3c2)cc1. The quantitative estimate of drug-likeness (QED) is 0.196. The number of hydrazone groups is 1. The Hall–Kier alpha value is -3.57. The van der Waals surface area contributed by atoms with Gasteiger partial charge in [0, 0.05) is 17.1 Å². The Labute approximate surface area is 192 Å². The van der Waals surface area contributed by atoms with Crippen molar-refractivity contribution in [1.29, 1.82) is 0 Å². The number of ether oxygens (including phenoxy) is 1. The molecule has 0 aliphatic heterocycles. The molecule has 0 aliphatic rings. The van der Waals surface area contributed by atoms with Crippen molar-refractivity contribution in [1.82, 2.24) is 5.43 Å². The molecule has 4 aromatic carbocycles. The molecule has 0 heterocycles. The highest BCUT2D eigenvalue weighted by Gasteiger charge is 2.01. The number of rotatable bonds is 9. The van der Waals surface area contributed by atoms with Gasteiger partial charge in [0.25, 0.3) is 0 Å². The number of carbonyl (C=O) groups is 1. The molecule has 0 saturated carbocycles. The van der Waals surface area contributed by atoms with E-state index in [4.69, 9.17) is 4.74 Å². The van der Waals surface area contributed by atoms with Crippen molar-refractivity contribution >= 4 is 34.7 Å². The van der Waals surface area contributed by atoms with Crippen LogP contribution >= 0.6 is 11.8 Å². The fourth-order valence-corrected chi connectivity index (χ4v) is 4.03. The largest absolute Gasteiger partial charge is 0.489 e. The monoisotopic (exact) mass is 440 g/mol. The summed E-state index contributed by atoms with van der Waals surface area (Å²) in [5, 5.41) is 6.48. The van der Waals surface area contributed by atoms with E-state index in [2.05, 4.69) is 40.9 Å². The van der Waals surface area contributed by atoms with Gasteiger partial charge >= 0.3 is 0 Å². The molecular formula is C27H24N2O2S. The number of fused-ring (bicyclic) bond motifs is 1. The molecule has 1 amide bonds. The fourth-order valence-electron chi connectivity index (χ4n) is 3.16.